The molecule has 0 aromatic heterocycles. The first-order valence-corrected chi connectivity index (χ1v) is 10.0. The van der Waals surface area contributed by atoms with Gasteiger partial charge in [-0.05, 0) is 60.2 Å². The highest BCUT2D eigenvalue weighted by molar-refractivity contribution is 8.18. The average molecular weight is 427 g/mol. The van der Waals surface area contributed by atoms with Crippen LogP contribution in [0.25, 0.3) is 6.08 Å². The highest BCUT2D eigenvalue weighted by Crippen LogP contribution is 2.34. The van der Waals surface area contributed by atoms with Gasteiger partial charge in [-0.2, -0.15) is 0 Å². The fourth-order valence-electron chi connectivity index (χ4n) is 2.82. The summed E-state index contributed by atoms with van der Waals surface area (Å²) in [5.74, 6) is 0.488. The van der Waals surface area contributed by atoms with E-state index in [2.05, 4.69) is 0 Å². The molecule has 0 saturated carbocycles. The number of amides is 2. The summed E-state index contributed by atoms with van der Waals surface area (Å²) in [7, 11) is 1.45. The van der Waals surface area contributed by atoms with Crippen molar-refractivity contribution in [3.8, 4) is 17.2 Å². The third-order valence-corrected chi connectivity index (χ3v) is 5.09. The number of ether oxygens (including phenoxy) is 3. The van der Waals surface area contributed by atoms with Gasteiger partial charge in [0.15, 0.2) is 11.5 Å². The van der Waals surface area contributed by atoms with Crippen molar-refractivity contribution in [1.82, 2.24) is 4.90 Å². The second kappa shape index (κ2) is 9.49. The number of nitrogens with zero attached hydrogens (tertiary/aromatic N) is 1. The van der Waals surface area contributed by atoms with Crippen molar-refractivity contribution in [2.45, 2.75) is 13.8 Å². The van der Waals surface area contributed by atoms with Crippen molar-refractivity contribution < 1.29 is 28.6 Å². The lowest BCUT2D eigenvalue weighted by atomic mass is 10.2. The summed E-state index contributed by atoms with van der Waals surface area (Å²) in [6.45, 7) is 3.62. The lowest BCUT2D eigenvalue weighted by Crippen LogP contribution is -2.32. The van der Waals surface area contributed by atoms with Gasteiger partial charge in [0.25, 0.3) is 11.1 Å². The number of thioether (sulfide) groups is 1. The molecular formula is C22H21NO6S. The zero-order chi connectivity index (χ0) is 21.7. The minimum Gasteiger partial charge on any atom is -0.493 e. The molecule has 0 spiro atoms. The molecule has 7 nitrogen and oxygen atoms in total. The fraction of sp³-hybridized carbons (Fsp3) is 0.227. The molecule has 2 aromatic rings. The Morgan fingerprint density at radius 2 is 1.93 bits per heavy atom. The van der Waals surface area contributed by atoms with E-state index in [0.29, 0.717) is 22.0 Å². The number of esters is 1. The van der Waals surface area contributed by atoms with Crippen LogP contribution in [0.4, 0.5) is 4.79 Å². The van der Waals surface area contributed by atoms with Crippen LogP contribution in [0.3, 0.4) is 0 Å². The first kappa shape index (κ1) is 21.4. The highest BCUT2D eigenvalue weighted by atomic mass is 32.2. The smallest absolute Gasteiger partial charge is 0.308 e. The number of hydrogen-bond acceptors (Lipinski definition) is 7. The Kier molecular flexibility index (Phi) is 6.79. The number of aryl methyl sites for hydroxylation is 1. The van der Waals surface area contributed by atoms with Crippen LogP contribution in [-0.2, 0) is 9.59 Å². The van der Waals surface area contributed by atoms with Crippen LogP contribution in [0.15, 0.2) is 47.4 Å². The fourth-order valence-corrected chi connectivity index (χ4v) is 3.68. The summed E-state index contributed by atoms with van der Waals surface area (Å²) in [6, 6.07) is 12.4. The molecule has 8 heteroatoms. The standard InChI is InChI=1S/C22H21NO6S/c1-14-5-4-6-17(11-14)28-10-9-23-21(25)20(30-22(23)26)13-16-7-8-18(29-15(2)24)19(12-16)27-3/h4-8,11-13H,9-10H2,1-3H3/b20-13-. The number of rotatable bonds is 7. The van der Waals surface area contributed by atoms with Crippen LogP contribution in [0, 0.1) is 6.92 Å². The molecule has 1 aliphatic heterocycles. The molecule has 2 amide bonds. The van der Waals surface area contributed by atoms with Gasteiger partial charge < -0.3 is 14.2 Å². The molecule has 0 unspecified atom stereocenters. The monoisotopic (exact) mass is 427 g/mol. The zero-order valence-corrected chi connectivity index (χ0v) is 17.7. The summed E-state index contributed by atoms with van der Waals surface area (Å²) in [5.41, 5.74) is 1.71. The molecule has 156 valence electrons. The minimum atomic E-state index is -0.463. The number of benzene rings is 2. The van der Waals surface area contributed by atoms with Crippen LogP contribution in [0.5, 0.6) is 17.2 Å². The topological polar surface area (TPSA) is 82.1 Å². The summed E-state index contributed by atoms with van der Waals surface area (Å²) in [6.07, 6.45) is 1.60. The van der Waals surface area contributed by atoms with E-state index in [1.807, 2.05) is 31.2 Å². The van der Waals surface area contributed by atoms with Crippen molar-refractivity contribution in [1.29, 1.82) is 0 Å². The summed E-state index contributed by atoms with van der Waals surface area (Å²) in [5, 5.41) is -0.345. The number of imide groups is 1. The first-order valence-electron chi connectivity index (χ1n) is 9.18. The van der Waals surface area contributed by atoms with Gasteiger partial charge in [-0.1, -0.05) is 18.2 Å². The Balaban J connectivity index is 1.67. The molecule has 1 heterocycles. The molecule has 0 N–H and O–H groups in total. The molecule has 0 bridgehead atoms. The Bertz CT molecular complexity index is 1020. The largest absolute Gasteiger partial charge is 0.493 e. The predicted molar refractivity (Wildman–Crippen MR) is 114 cm³/mol. The van der Waals surface area contributed by atoms with Crippen molar-refractivity contribution in [2.24, 2.45) is 0 Å². The Hall–Kier alpha value is -3.26. The molecule has 1 fully saturated rings. The summed E-state index contributed by atoms with van der Waals surface area (Å²) >= 11 is 0.870. The minimum absolute atomic E-state index is 0.157. The van der Waals surface area contributed by atoms with Crippen molar-refractivity contribution >= 4 is 35.0 Å². The van der Waals surface area contributed by atoms with Crippen LogP contribution in [0.2, 0.25) is 0 Å². The van der Waals surface area contributed by atoms with E-state index in [4.69, 9.17) is 14.2 Å². The maximum atomic E-state index is 12.6. The Morgan fingerprint density at radius 1 is 1.13 bits per heavy atom. The third-order valence-electron chi connectivity index (χ3n) is 4.19. The maximum Gasteiger partial charge on any atom is 0.308 e. The van der Waals surface area contributed by atoms with E-state index in [0.717, 1.165) is 22.2 Å². The Morgan fingerprint density at radius 3 is 2.63 bits per heavy atom. The zero-order valence-electron chi connectivity index (χ0n) is 16.8. The van der Waals surface area contributed by atoms with Gasteiger partial charge in [-0.3, -0.25) is 19.3 Å². The molecule has 0 atom stereocenters. The van der Waals surface area contributed by atoms with Gasteiger partial charge in [-0.25, -0.2) is 0 Å². The number of carbonyl (C=O) groups excluding carboxylic acids is 3. The molecule has 30 heavy (non-hydrogen) atoms. The van der Waals surface area contributed by atoms with Crippen LogP contribution in [0.1, 0.15) is 18.1 Å². The second-order valence-corrected chi connectivity index (χ2v) is 7.50. The van der Waals surface area contributed by atoms with Gasteiger partial charge in [0.2, 0.25) is 0 Å². The van der Waals surface area contributed by atoms with Gasteiger partial charge in [-0.15, -0.1) is 0 Å². The van der Waals surface area contributed by atoms with Gasteiger partial charge in [0.05, 0.1) is 18.6 Å². The van der Waals surface area contributed by atoms with E-state index in [9.17, 15) is 14.4 Å². The van der Waals surface area contributed by atoms with Crippen molar-refractivity contribution in [2.75, 3.05) is 20.3 Å². The Labute approximate surface area is 178 Å². The third kappa shape index (κ3) is 5.21. The lowest BCUT2D eigenvalue weighted by molar-refractivity contribution is -0.132. The second-order valence-electron chi connectivity index (χ2n) is 6.50. The summed E-state index contributed by atoms with van der Waals surface area (Å²) < 4.78 is 15.9. The quantitative estimate of drug-likeness (QED) is 0.375. The van der Waals surface area contributed by atoms with Crippen molar-refractivity contribution in [3.63, 3.8) is 0 Å². The molecule has 0 aliphatic carbocycles. The van der Waals surface area contributed by atoms with Gasteiger partial charge in [0, 0.05) is 6.92 Å². The number of hydrogen-bond donors (Lipinski definition) is 0. The molecule has 1 saturated heterocycles. The molecule has 3 rings (SSSR count). The molecule has 2 aromatic carbocycles. The highest BCUT2D eigenvalue weighted by Gasteiger charge is 2.34. The van der Waals surface area contributed by atoms with Crippen LogP contribution in [-0.4, -0.2) is 42.3 Å². The average Bonchev–Trinajstić information content (AvgIpc) is 2.96. The van der Waals surface area contributed by atoms with Crippen molar-refractivity contribution in [3.05, 3.63) is 58.5 Å². The van der Waals surface area contributed by atoms with E-state index >= 15 is 0 Å². The normalized spacial score (nSPS) is 14.9. The summed E-state index contributed by atoms with van der Waals surface area (Å²) in [4.78, 5) is 37.5. The van der Waals surface area contributed by atoms with E-state index in [-0.39, 0.29) is 30.0 Å². The van der Waals surface area contributed by atoms with E-state index in [1.54, 1.807) is 24.3 Å². The lowest BCUT2D eigenvalue weighted by Gasteiger charge is -2.13. The van der Waals surface area contributed by atoms with E-state index < -0.39 is 5.97 Å². The number of carbonyl (C=O) groups is 3. The SMILES string of the molecule is COc1cc(/C=C2\SC(=O)N(CCOc3cccc(C)c3)C2=O)ccc1OC(C)=O. The molecule has 0 radical (unpaired) electrons. The number of methoxy groups -OCH3 is 1. The molecular weight excluding hydrogens is 406 g/mol. The van der Waals surface area contributed by atoms with Gasteiger partial charge >= 0.3 is 5.97 Å². The first-order chi connectivity index (χ1) is 14.4. The maximum absolute atomic E-state index is 12.6. The van der Waals surface area contributed by atoms with Gasteiger partial charge in [0.1, 0.15) is 12.4 Å². The molecule has 1 aliphatic rings. The van der Waals surface area contributed by atoms with Crippen LogP contribution >= 0.6 is 11.8 Å². The predicted octanol–water partition coefficient (Wildman–Crippen LogP) is 4.04. The van der Waals surface area contributed by atoms with Crippen LogP contribution < -0.4 is 14.2 Å². The van der Waals surface area contributed by atoms with E-state index in [1.165, 1.54) is 14.0 Å².